The third-order valence-electron chi connectivity index (χ3n) is 1.44. The van der Waals surface area contributed by atoms with Crippen LogP contribution in [0.3, 0.4) is 0 Å². The van der Waals surface area contributed by atoms with Gasteiger partial charge in [0.1, 0.15) is 0 Å². The van der Waals surface area contributed by atoms with Gasteiger partial charge in [0, 0.05) is 6.42 Å². The van der Waals surface area contributed by atoms with Crippen molar-refractivity contribution in [1.29, 1.82) is 0 Å². The fourth-order valence-electron chi connectivity index (χ4n) is 0.674. The van der Waals surface area contributed by atoms with Gasteiger partial charge in [-0.3, -0.25) is 0 Å². The first-order chi connectivity index (χ1) is 5.46. The molecule has 0 bridgehead atoms. The van der Waals surface area contributed by atoms with E-state index in [9.17, 15) is 4.79 Å². The van der Waals surface area contributed by atoms with Gasteiger partial charge >= 0.3 is 5.97 Å². The molecule has 0 aliphatic carbocycles. The second-order valence-corrected chi connectivity index (χ2v) is 2.54. The Hall–Kier alpha value is -0.690. The molecule has 0 amide bonds. The summed E-state index contributed by atoms with van der Waals surface area (Å²) in [5, 5.41) is 43.1. The lowest BCUT2D eigenvalue weighted by atomic mass is 9.98. The van der Waals surface area contributed by atoms with E-state index >= 15 is 0 Å². The van der Waals surface area contributed by atoms with Crippen molar-refractivity contribution in [2.45, 2.75) is 18.1 Å². The van der Waals surface area contributed by atoms with Gasteiger partial charge in [0.15, 0.2) is 5.60 Å². The van der Waals surface area contributed by atoms with Crippen LogP contribution >= 0.6 is 0 Å². The molecule has 0 aliphatic rings. The van der Waals surface area contributed by atoms with E-state index < -0.39 is 37.3 Å². The summed E-state index contributed by atoms with van der Waals surface area (Å²) in [5.41, 5.74) is -2.37. The Bertz CT molecular complexity index is 158. The fourth-order valence-corrected chi connectivity index (χ4v) is 0.674. The summed E-state index contributed by atoms with van der Waals surface area (Å²) in [4.78, 5) is 10.3. The zero-order valence-corrected chi connectivity index (χ0v) is 6.34. The second kappa shape index (κ2) is 4.36. The Kier molecular flexibility index (Phi) is 4.11. The Morgan fingerprint density at radius 1 is 1.42 bits per heavy atom. The average Bonchev–Trinajstić information content (AvgIpc) is 2.03. The van der Waals surface area contributed by atoms with Crippen molar-refractivity contribution < 1.29 is 30.3 Å². The van der Waals surface area contributed by atoms with Gasteiger partial charge < -0.3 is 25.5 Å². The van der Waals surface area contributed by atoms with E-state index in [2.05, 4.69) is 0 Å². The molecule has 0 saturated heterocycles. The molecule has 0 aromatic heterocycles. The second-order valence-electron chi connectivity index (χ2n) is 2.54. The monoisotopic (exact) mass is 180 g/mol. The molecular weight excluding hydrogens is 168 g/mol. The van der Waals surface area contributed by atoms with Crippen LogP contribution < -0.4 is 0 Å². The van der Waals surface area contributed by atoms with Crippen molar-refractivity contribution in [3.05, 3.63) is 0 Å². The van der Waals surface area contributed by atoms with E-state index in [1.807, 2.05) is 0 Å². The lowest BCUT2D eigenvalue weighted by Gasteiger charge is -2.22. The third kappa shape index (κ3) is 2.74. The van der Waals surface area contributed by atoms with Crippen LogP contribution in [0.1, 0.15) is 6.42 Å². The Balaban J connectivity index is 4.23. The molecule has 0 aromatic rings. The first kappa shape index (κ1) is 11.3. The van der Waals surface area contributed by atoms with Crippen LogP contribution in [0.4, 0.5) is 0 Å². The summed E-state index contributed by atoms with van der Waals surface area (Å²) in [7, 11) is 0. The van der Waals surface area contributed by atoms with Crippen LogP contribution in [-0.2, 0) is 4.79 Å². The maximum absolute atomic E-state index is 10.3. The molecule has 2 atom stereocenters. The molecule has 0 fully saturated rings. The first-order valence-electron chi connectivity index (χ1n) is 3.32. The molecule has 12 heavy (non-hydrogen) atoms. The summed E-state index contributed by atoms with van der Waals surface area (Å²) >= 11 is 0. The molecule has 0 aromatic carbocycles. The molecule has 0 radical (unpaired) electrons. The van der Waals surface area contributed by atoms with Crippen molar-refractivity contribution in [3.8, 4) is 0 Å². The highest BCUT2D eigenvalue weighted by molar-refractivity contribution is 5.77. The molecular formula is C6H12O6. The molecule has 2 unspecified atom stereocenters. The van der Waals surface area contributed by atoms with Gasteiger partial charge in [0.2, 0.25) is 0 Å². The van der Waals surface area contributed by atoms with E-state index in [1.165, 1.54) is 0 Å². The van der Waals surface area contributed by atoms with Gasteiger partial charge in [0.05, 0.1) is 19.3 Å². The van der Waals surface area contributed by atoms with E-state index in [4.69, 9.17) is 25.5 Å². The highest BCUT2D eigenvalue weighted by atomic mass is 16.4. The van der Waals surface area contributed by atoms with Gasteiger partial charge in [-0.15, -0.1) is 0 Å². The number of hydrogen-bond donors (Lipinski definition) is 5. The smallest absolute Gasteiger partial charge is 0.338 e. The predicted octanol–water partition coefficient (Wildman–Crippen LogP) is -2.46. The molecule has 0 spiro atoms. The molecule has 72 valence electrons. The number of carboxylic acid groups (broad SMARTS) is 1. The van der Waals surface area contributed by atoms with Crippen LogP contribution in [0.25, 0.3) is 0 Å². The lowest BCUT2D eigenvalue weighted by Crippen LogP contribution is -2.45. The van der Waals surface area contributed by atoms with E-state index in [0.717, 1.165) is 0 Å². The minimum atomic E-state index is -2.37. The standard InChI is InChI=1S/C6H12O6/c7-2-4(9)1-6(12,3-8)5(10)11/h4,7-9,12H,1-3H2,(H,10,11). The van der Waals surface area contributed by atoms with Crippen LogP contribution in [-0.4, -0.2) is 56.4 Å². The number of aliphatic hydroxyl groups is 4. The summed E-state index contributed by atoms with van der Waals surface area (Å²) in [6, 6.07) is 0. The van der Waals surface area contributed by atoms with Crippen LogP contribution in [0.15, 0.2) is 0 Å². The Labute approximate surface area is 68.7 Å². The number of rotatable bonds is 5. The maximum atomic E-state index is 10.3. The van der Waals surface area contributed by atoms with Gasteiger partial charge in [-0.25, -0.2) is 4.79 Å². The summed E-state index contributed by atoms with van der Waals surface area (Å²) in [6.45, 7) is -1.66. The molecule has 0 rings (SSSR count). The molecule has 6 heteroatoms. The van der Waals surface area contributed by atoms with Gasteiger partial charge in [-0.1, -0.05) is 0 Å². The molecule has 0 heterocycles. The summed E-state index contributed by atoms with van der Waals surface area (Å²) in [5.74, 6) is -1.63. The van der Waals surface area contributed by atoms with Crippen LogP contribution in [0.5, 0.6) is 0 Å². The number of aliphatic carboxylic acids is 1. The van der Waals surface area contributed by atoms with Gasteiger partial charge in [0.25, 0.3) is 0 Å². The third-order valence-corrected chi connectivity index (χ3v) is 1.44. The molecule has 0 saturated carbocycles. The van der Waals surface area contributed by atoms with Crippen LogP contribution in [0.2, 0.25) is 0 Å². The van der Waals surface area contributed by atoms with E-state index in [1.54, 1.807) is 0 Å². The maximum Gasteiger partial charge on any atom is 0.338 e. The van der Waals surface area contributed by atoms with Gasteiger partial charge in [-0.2, -0.15) is 0 Å². The first-order valence-corrected chi connectivity index (χ1v) is 3.32. The zero-order valence-electron chi connectivity index (χ0n) is 6.34. The fraction of sp³-hybridized carbons (Fsp3) is 0.833. The van der Waals surface area contributed by atoms with Crippen molar-refractivity contribution in [1.82, 2.24) is 0 Å². The Morgan fingerprint density at radius 3 is 2.17 bits per heavy atom. The van der Waals surface area contributed by atoms with Crippen LogP contribution in [0, 0.1) is 0 Å². The topological polar surface area (TPSA) is 118 Å². The van der Waals surface area contributed by atoms with E-state index in [0.29, 0.717) is 0 Å². The number of carbonyl (C=O) groups is 1. The number of aliphatic hydroxyl groups excluding tert-OH is 3. The highest BCUT2D eigenvalue weighted by Gasteiger charge is 2.37. The zero-order chi connectivity index (χ0) is 9.78. The quantitative estimate of drug-likeness (QED) is 0.320. The minimum Gasteiger partial charge on any atom is -0.479 e. The number of carboxylic acids is 1. The summed E-state index contributed by atoms with van der Waals surface area (Å²) < 4.78 is 0. The molecule has 5 N–H and O–H groups in total. The van der Waals surface area contributed by atoms with E-state index in [-0.39, 0.29) is 0 Å². The van der Waals surface area contributed by atoms with Crippen molar-refractivity contribution in [2.24, 2.45) is 0 Å². The van der Waals surface area contributed by atoms with Gasteiger partial charge in [-0.05, 0) is 0 Å². The SMILES string of the molecule is O=C(O)C(O)(CO)CC(O)CO. The van der Waals surface area contributed by atoms with Crippen molar-refractivity contribution in [2.75, 3.05) is 13.2 Å². The lowest BCUT2D eigenvalue weighted by molar-refractivity contribution is -0.167. The minimum absolute atomic E-state index is 0.602. The predicted molar refractivity (Wildman–Crippen MR) is 37.4 cm³/mol. The molecule has 6 nitrogen and oxygen atoms in total. The average molecular weight is 180 g/mol. The largest absolute Gasteiger partial charge is 0.479 e. The van der Waals surface area contributed by atoms with Crippen molar-refractivity contribution >= 4 is 5.97 Å². The molecule has 0 aliphatic heterocycles. The summed E-state index contributed by atoms with van der Waals surface area (Å²) in [6.07, 6.45) is -1.95. The number of hydrogen-bond acceptors (Lipinski definition) is 5. The normalized spacial score (nSPS) is 18.3. The van der Waals surface area contributed by atoms with Crippen molar-refractivity contribution in [3.63, 3.8) is 0 Å². The Morgan fingerprint density at radius 2 is 1.92 bits per heavy atom. The highest BCUT2D eigenvalue weighted by Crippen LogP contribution is 2.12.